The van der Waals surface area contributed by atoms with Crippen LogP contribution in [-0.4, -0.2) is 24.4 Å². The molecule has 0 radical (unpaired) electrons. The Hall–Kier alpha value is -3.22. The van der Waals surface area contributed by atoms with Gasteiger partial charge in [0.05, 0.1) is 29.6 Å². The number of hydrazone groups is 1. The summed E-state index contributed by atoms with van der Waals surface area (Å²) < 4.78 is 11.2. The number of carbonyl (C=O) groups is 1. The molecule has 0 saturated carbocycles. The molecule has 0 unspecified atom stereocenters. The number of anilines is 1. The van der Waals surface area contributed by atoms with Crippen LogP contribution in [0, 0.1) is 0 Å². The highest BCUT2D eigenvalue weighted by molar-refractivity contribution is 6.33. The van der Waals surface area contributed by atoms with Gasteiger partial charge in [0.15, 0.2) is 11.5 Å². The monoisotopic (exact) mass is 444 g/mol. The predicted molar refractivity (Wildman–Crippen MR) is 118 cm³/mol. The number of halogens is 2. The first kappa shape index (κ1) is 21.5. The number of carboxylic acid groups (broad SMARTS) is 1. The lowest BCUT2D eigenvalue weighted by molar-refractivity contribution is 0.0697. The van der Waals surface area contributed by atoms with Crippen LogP contribution in [0.2, 0.25) is 10.0 Å². The number of hydrogen-bond acceptors (Lipinski definition) is 5. The molecule has 0 fully saturated rings. The molecule has 2 N–H and O–H groups in total. The van der Waals surface area contributed by atoms with E-state index in [1.807, 2.05) is 30.3 Å². The van der Waals surface area contributed by atoms with Crippen LogP contribution in [0.3, 0.4) is 0 Å². The molecule has 0 aliphatic rings. The fraction of sp³-hybridized carbons (Fsp3) is 0.0909. The van der Waals surface area contributed by atoms with Gasteiger partial charge in [0, 0.05) is 5.02 Å². The van der Waals surface area contributed by atoms with Gasteiger partial charge in [0.1, 0.15) is 6.61 Å². The van der Waals surface area contributed by atoms with Crippen LogP contribution in [0.1, 0.15) is 21.5 Å². The first-order valence-electron chi connectivity index (χ1n) is 8.83. The molecule has 3 aromatic rings. The van der Waals surface area contributed by atoms with Gasteiger partial charge in [-0.15, -0.1) is 0 Å². The second kappa shape index (κ2) is 10.0. The van der Waals surface area contributed by atoms with Crippen LogP contribution in [0.5, 0.6) is 11.5 Å². The van der Waals surface area contributed by atoms with Crippen LogP contribution in [-0.2, 0) is 6.61 Å². The van der Waals surface area contributed by atoms with E-state index in [1.54, 1.807) is 31.5 Å². The minimum absolute atomic E-state index is 0.000671. The van der Waals surface area contributed by atoms with Crippen molar-refractivity contribution in [3.05, 3.63) is 87.4 Å². The topological polar surface area (TPSA) is 80.2 Å². The minimum atomic E-state index is -1.11. The SMILES string of the molecule is COc1cc(C=NNc2ccc(Cl)c(C(=O)O)c2)ccc1OCc1ccc(Cl)cc1. The largest absolute Gasteiger partial charge is 0.493 e. The Morgan fingerprint density at radius 2 is 1.83 bits per heavy atom. The van der Waals surface area contributed by atoms with Gasteiger partial charge in [0.25, 0.3) is 0 Å². The van der Waals surface area contributed by atoms with E-state index in [0.29, 0.717) is 28.8 Å². The molecule has 3 rings (SSSR count). The summed E-state index contributed by atoms with van der Waals surface area (Å²) in [7, 11) is 1.56. The van der Waals surface area contributed by atoms with E-state index in [9.17, 15) is 4.79 Å². The number of nitrogens with zero attached hydrogens (tertiary/aromatic N) is 1. The summed E-state index contributed by atoms with van der Waals surface area (Å²) in [5.74, 6) is 0.0560. The predicted octanol–water partition coefficient (Wildman–Crippen LogP) is 5.73. The maximum atomic E-state index is 11.1. The summed E-state index contributed by atoms with van der Waals surface area (Å²) in [6.07, 6.45) is 1.58. The lowest BCUT2D eigenvalue weighted by Crippen LogP contribution is -2.00. The number of methoxy groups -OCH3 is 1. The molecule has 0 aliphatic heterocycles. The molecule has 30 heavy (non-hydrogen) atoms. The quantitative estimate of drug-likeness (QED) is 0.342. The van der Waals surface area contributed by atoms with Gasteiger partial charge in [-0.3, -0.25) is 5.43 Å². The number of rotatable bonds is 8. The van der Waals surface area contributed by atoms with E-state index in [0.717, 1.165) is 11.1 Å². The molecule has 154 valence electrons. The normalized spacial score (nSPS) is 10.8. The van der Waals surface area contributed by atoms with Crippen molar-refractivity contribution < 1.29 is 19.4 Å². The molecule has 8 heteroatoms. The Labute approximate surface area is 183 Å². The molecule has 0 atom stereocenters. The van der Waals surface area contributed by atoms with Crippen LogP contribution < -0.4 is 14.9 Å². The van der Waals surface area contributed by atoms with Gasteiger partial charge in [-0.1, -0.05) is 35.3 Å². The van der Waals surface area contributed by atoms with E-state index in [1.165, 1.54) is 12.1 Å². The van der Waals surface area contributed by atoms with Crippen molar-refractivity contribution in [2.75, 3.05) is 12.5 Å². The van der Waals surface area contributed by atoms with Gasteiger partial charge in [-0.2, -0.15) is 5.10 Å². The standard InChI is InChI=1S/C22H18Cl2N2O4/c1-29-21-10-15(4-9-20(21)30-13-14-2-5-16(23)6-3-14)12-25-26-17-7-8-19(24)18(11-17)22(27)28/h2-12,26H,13H2,1H3,(H,27,28). The first-order chi connectivity index (χ1) is 14.5. The van der Waals surface area contributed by atoms with Gasteiger partial charge < -0.3 is 14.6 Å². The third kappa shape index (κ3) is 5.65. The second-order valence-corrected chi connectivity index (χ2v) is 7.04. The van der Waals surface area contributed by atoms with E-state index < -0.39 is 5.97 Å². The number of ether oxygens (including phenoxy) is 2. The Morgan fingerprint density at radius 3 is 2.53 bits per heavy atom. The van der Waals surface area contributed by atoms with E-state index in [2.05, 4.69) is 10.5 Å². The summed E-state index contributed by atoms with van der Waals surface area (Å²) in [6, 6.07) is 17.4. The average Bonchev–Trinajstić information content (AvgIpc) is 2.74. The molecule has 6 nitrogen and oxygen atoms in total. The molecule has 0 aromatic heterocycles. The maximum Gasteiger partial charge on any atom is 0.337 e. The van der Waals surface area contributed by atoms with Crippen molar-refractivity contribution >= 4 is 41.1 Å². The van der Waals surface area contributed by atoms with Gasteiger partial charge >= 0.3 is 5.97 Å². The highest BCUT2D eigenvalue weighted by Crippen LogP contribution is 2.28. The zero-order valence-electron chi connectivity index (χ0n) is 15.9. The van der Waals surface area contributed by atoms with Crippen LogP contribution in [0.4, 0.5) is 5.69 Å². The van der Waals surface area contributed by atoms with Gasteiger partial charge in [-0.25, -0.2) is 4.79 Å². The molecular formula is C22H18Cl2N2O4. The Bertz CT molecular complexity index is 1070. The van der Waals surface area contributed by atoms with Crippen molar-refractivity contribution in [2.45, 2.75) is 6.61 Å². The highest BCUT2D eigenvalue weighted by Gasteiger charge is 2.09. The fourth-order valence-electron chi connectivity index (χ4n) is 2.57. The summed E-state index contributed by atoms with van der Waals surface area (Å²) in [5, 5.41) is 14.1. The zero-order chi connectivity index (χ0) is 21.5. The first-order valence-corrected chi connectivity index (χ1v) is 9.59. The summed E-state index contributed by atoms with van der Waals surface area (Å²) in [6.45, 7) is 0.380. The van der Waals surface area contributed by atoms with Gasteiger partial charge in [-0.05, 0) is 59.7 Å². The lowest BCUT2D eigenvalue weighted by atomic mass is 10.2. The van der Waals surface area contributed by atoms with Crippen molar-refractivity contribution in [1.29, 1.82) is 0 Å². The highest BCUT2D eigenvalue weighted by atomic mass is 35.5. The molecule has 0 amide bonds. The third-order valence-corrected chi connectivity index (χ3v) is 4.68. The molecule has 0 saturated heterocycles. The third-order valence-electron chi connectivity index (χ3n) is 4.10. The van der Waals surface area contributed by atoms with Crippen molar-refractivity contribution in [3.63, 3.8) is 0 Å². The van der Waals surface area contributed by atoms with Crippen LogP contribution in [0.15, 0.2) is 65.8 Å². The van der Waals surface area contributed by atoms with Crippen LogP contribution >= 0.6 is 23.2 Å². The zero-order valence-corrected chi connectivity index (χ0v) is 17.4. The van der Waals surface area contributed by atoms with E-state index >= 15 is 0 Å². The number of carboxylic acids is 1. The number of aromatic carboxylic acids is 1. The van der Waals surface area contributed by atoms with E-state index in [4.69, 9.17) is 37.8 Å². The number of nitrogens with one attached hydrogen (secondary N) is 1. The molecular weight excluding hydrogens is 427 g/mol. The number of hydrogen-bond donors (Lipinski definition) is 2. The average molecular weight is 445 g/mol. The molecule has 0 aliphatic carbocycles. The molecule has 0 spiro atoms. The Kier molecular flexibility index (Phi) is 7.17. The maximum absolute atomic E-state index is 11.1. The fourth-order valence-corrected chi connectivity index (χ4v) is 2.89. The number of benzene rings is 3. The molecule has 3 aromatic carbocycles. The molecule has 0 heterocycles. The Morgan fingerprint density at radius 1 is 1.07 bits per heavy atom. The Balaban J connectivity index is 1.66. The van der Waals surface area contributed by atoms with Gasteiger partial charge in [0.2, 0.25) is 0 Å². The molecule has 0 bridgehead atoms. The summed E-state index contributed by atoms with van der Waals surface area (Å²) in [5.41, 5.74) is 5.04. The van der Waals surface area contributed by atoms with Crippen LogP contribution in [0.25, 0.3) is 0 Å². The second-order valence-electron chi connectivity index (χ2n) is 6.20. The summed E-state index contributed by atoms with van der Waals surface area (Å²) >= 11 is 11.8. The smallest absolute Gasteiger partial charge is 0.337 e. The minimum Gasteiger partial charge on any atom is -0.493 e. The van der Waals surface area contributed by atoms with Crippen molar-refractivity contribution in [3.8, 4) is 11.5 Å². The lowest BCUT2D eigenvalue weighted by Gasteiger charge is -2.11. The van der Waals surface area contributed by atoms with E-state index in [-0.39, 0.29) is 10.6 Å². The van der Waals surface area contributed by atoms with Crippen molar-refractivity contribution in [2.24, 2.45) is 5.10 Å². The van der Waals surface area contributed by atoms with Crippen molar-refractivity contribution in [1.82, 2.24) is 0 Å². The summed E-state index contributed by atoms with van der Waals surface area (Å²) in [4.78, 5) is 11.1.